The first-order valence-corrected chi connectivity index (χ1v) is 10.4. The summed E-state index contributed by atoms with van der Waals surface area (Å²) in [5.74, 6) is -0.584. The molecule has 1 aliphatic heterocycles. The number of rotatable bonds is 4. The summed E-state index contributed by atoms with van der Waals surface area (Å²) >= 11 is 0. The standard InChI is InChI=1S/C19H21FN4O2S/c1-2-15-12-23(10-9-21-15)18-13-24(17-7-4-8-22-19(17)18)27(25,26)16-6-3-5-14(20)11-16/h3-8,11,13,15,21H,2,9-10,12H2,1H3. The Hall–Kier alpha value is -2.45. The van der Waals surface area contributed by atoms with Gasteiger partial charge in [-0.1, -0.05) is 13.0 Å². The quantitative estimate of drug-likeness (QED) is 0.744. The normalized spacial score (nSPS) is 18.1. The zero-order chi connectivity index (χ0) is 19.0. The molecule has 142 valence electrons. The van der Waals surface area contributed by atoms with Gasteiger partial charge in [-0.3, -0.25) is 4.98 Å². The Kier molecular flexibility index (Phi) is 4.61. The monoisotopic (exact) mass is 388 g/mol. The van der Waals surface area contributed by atoms with Crippen LogP contribution in [0.3, 0.4) is 0 Å². The molecule has 1 aliphatic rings. The molecule has 3 heterocycles. The Labute approximate surface area is 157 Å². The first-order valence-electron chi connectivity index (χ1n) is 8.96. The Balaban J connectivity index is 1.85. The van der Waals surface area contributed by atoms with E-state index in [-0.39, 0.29) is 4.90 Å². The highest BCUT2D eigenvalue weighted by Gasteiger charge is 2.26. The second kappa shape index (κ2) is 6.94. The first-order chi connectivity index (χ1) is 13.0. The number of nitrogens with one attached hydrogen (secondary N) is 1. The number of hydrogen-bond donors (Lipinski definition) is 1. The van der Waals surface area contributed by atoms with Gasteiger partial charge in [-0.15, -0.1) is 0 Å². The van der Waals surface area contributed by atoms with Crippen molar-refractivity contribution in [2.45, 2.75) is 24.3 Å². The van der Waals surface area contributed by atoms with Crippen molar-refractivity contribution in [3.8, 4) is 0 Å². The molecule has 0 amide bonds. The zero-order valence-corrected chi connectivity index (χ0v) is 15.8. The van der Waals surface area contributed by atoms with Crippen LogP contribution in [0.1, 0.15) is 13.3 Å². The average Bonchev–Trinajstić information content (AvgIpc) is 3.08. The summed E-state index contributed by atoms with van der Waals surface area (Å²) in [6.45, 7) is 4.50. The van der Waals surface area contributed by atoms with Crippen LogP contribution in [0.2, 0.25) is 0 Å². The van der Waals surface area contributed by atoms with Crippen molar-refractivity contribution in [3.63, 3.8) is 0 Å². The maximum atomic E-state index is 13.6. The van der Waals surface area contributed by atoms with Crippen molar-refractivity contribution in [2.75, 3.05) is 24.5 Å². The van der Waals surface area contributed by atoms with Crippen LogP contribution in [0.25, 0.3) is 11.0 Å². The molecule has 1 saturated heterocycles. The molecule has 0 radical (unpaired) electrons. The second-order valence-electron chi connectivity index (χ2n) is 6.65. The SMILES string of the molecule is CCC1CN(c2cn(S(=O)(=O)c3cccc(F)c3)c3cccnc23)CCN1. The summed E-state index contributed by atoms with van der Waals surface area (Å²) < 4.78 is 41.1. The van der Waals surface area contributed by atoms with Gasteiger partial charge in [0.15, 0.2) is 0 Å². The topological polar surface area (TPSA) is 67.2 Å². The van der Waals surface area contributed by atoms with E-state index < -0.39 is 15.8 Å². The Morgan fingerprint density at radius 1 is 1.30 bits per heavy atom. The van der Waals surface area contributed by atoms with Crippen molar-refractivity contribution >= 4 is 26.7 Å². The van der Waals surface area contributed by atoms with E-state index >= 15 is 0 Å². The van der Waals surface area contributed by atoms with Gasteiger partial charge in [-0.25, -0.2) is 16.8 Å². The third kappa shape index (κ3) is 3.19. The zero-order valence-electron chi connectivity index (χ0n) is 15.0. The van der Waals surface area contributed by atoms with E-state index in [1.54, 1.807) is 24.5 Å². The van der Waals surface area contributed by atoms with Crippen molar-refractivity contribution in [2.24, 2.45) is 0 Å². The molecule has 2 aromatic heterocycles. The van der Waals surface area contributed by atoms with E-state index in [1.807, 2.05) is 0 Å². The largest absolute Gasteiger partial charge is 0.366 e. The maximum absolute atomic E-state index is 13.6. The van der Waals surface area contributed by atoms with Gasteiger partial charge in [0.05, 0.1) is 16.1 Å². The van der Waals surface area contributed by atoms with Crippen LogP contribution < -0.4 is 10.2 Å². The maximum Gasteiger partial charge on any atom is 0.268 e. The highest BCUT2D eigenvalue weighted by Crippen LogP contribution is 2.31. The van der Waals surface area contributed by atoms with E-state index in [2.05, 4.69) is 22.1 Å². The second-order valence-corrected chi connectivity index (χ2v) is 8.46. The van der Waals surface area contributed by atoms with Crippen LogP contribution in [0.5, 0.6) is 0 Å². The molecule has 1 aromatic carbocycles. The number of halogens is 1. The lowest BCUT2D eigenvalue weighted by Crippen LogP contribution is -2.50. The summed E-state index contributed by atoms with van der Waals surface area (Å²) in [5, 5.41) is 3.46. The van der Waals surface area contributed by atoms with Crippen LogP contribution in [-0.4, -0.2) is 43.1 Å². The van der Waals surface area contributed by atoms with Gasteiger partial charge in [0, 0.05) is 38.1 Å². The summed E-state index contributed by atoms with van der Waals surface area (Å²) in [6, 6.07) is 8.84. The molecule has 1 unspecified atom stereocenters. The third-order valence-electron chi connectivity index (χ3n) is 4.95. The molecule has 0 aliphatic carbocycles. The van der Waals surface area contributed by atoms with Gasteiger partial charge in [0.1, 0.15) is 11.3 Å². The van der Waals surface area contributed by atoms with Crippen LogP contribution in [-0.2, 0) is 10.0 Å². The number of nitrogens with zero attached hydrogens (tertiary/aromatic N) is 3. The molecule has 0 spiro atoms. The molecule has 8 heteroatoms. The Morgan fingerprint density at radius 2 is 2.15 bits per heavy atom. The van der Waals surface area contributed by atoms with Crippen molar-refractivity contribution in [1.29, 1.82) is 0 Å². The smallest absolute Gasteiger partial charge is 0.268 e. The molecule has 0 bridgehead atoms. The highest BCUT2D eigenvalue weighted by atomic mass is 32.2. The minimum absolute atomic E-state index is 0.0819. The van der Waals surface area contributed by atoms with Crippen molar-refractivity contribution < 1.29 is 12.8 Å². The Morgan fingerprint density at radius 3 is 2.93 bits per heavy atom. The minimum atomic E-state index is -3.93. The number of aromatic nitrogens is 2. The number of anilines is 1. The van der Waals surface area contributed by atoms with Crippen molar-refractivity contribution in [3.05, 3.63) is 54.6 Å². The van der Waals surface area contributed by atoms with E-state index in [9.17, 15) is 12.8 Å². The fourth-order valence-corrected chi connectivity index (χ4v) is 4.89. The molecule has 1 fully saturated rings. The molecule has 6 nitrogen and oxygen atoms in total. The van der Waals surface area contributed by atoms with Gasteiger partial charge in [-0.2, -0.15) is 0 Å². The Bertz CT molecular complexity index is 1080. The minimum Gasteiger partial charge on any atom is -0.366 e. The summed E-state index contributed by atoms with van der Waals surface area (Å²) in [7, 11) is -3.93. The number of piperazine rings is 1. The lowest BCUT2D eigenvalue weighted by Gasteiger charge is -2.34. The highest BCUT2D eigenvalue weighted by molar-refractivity contribution is 7.90. The predicted molar refractivity (Wildman–Crippen MR) is 103 cm³/mol. The van der Waals surface area contributed by atoms with Crippen LogP contribution in [0.15, 0.2) is 53.7 Å². The number of pyridine rings is 1. The van der Waals surface area contributed by atoms with Gasteiger partial charge >= 0.3 is 0 Å². The van der Waals surface area contributed by atoms with Gasteiger partial charge in [-0.05, 0) is 36.8 Å². The third-order valence-corrected chi connectivity index (χ3v) is 6.62. The van der Waals surface area contributed by atoms with Gasteiger partial charge in [0.25, 0.3) is 10.0 Å². The van der Waals surface area contributed by atoms with Crippen LogP contribution in [0, 0.1) is 5.82 Å². The summed E-state index contributed by atoms with van der Waals surface area (Å²) in [5.41, 5.74) is 1.91. The molecule has 4 rings (SSSR count). The van der Waals surface area contributed by atoms with Crippen LogP contribution >= 0.6 is 0 Å². The number of benzene rings is 1. The molecular formula is C19H21FN4O2S. The summed E-state index contributed by atoms with van der Waals surface area (Å²) in [4.78, 5) is 6.51. The average molecular weight is 388 g/mol. The molecule has 1 N–H and O–H groups in total. The molecular weight excluding hydrogens is 367 g/mol. The number of hydrogen-bond acceptors (Lipinski definition) is 5. The van der Waals surface area contributed by atoms with E-state index in [4.69, 9.17) is 0 Å². The predicted octanol–water partition coefficient (Wildman–Crippen LogP) is 2.60. The first kappa shape index (κ1) is 17.9. The van der Waals surface area contributed by atoms with E-state index in [1.165, 1.54) is 22.2 Å². The molecule has 3 aromatic rings. The summed E-state index contributed by atoms with van der Waals surface area (Å²) in [6.07, 6.45) is 4.25. The lowest BCUT2D eigenvalue weighted by molar-refractivity contribution is 0.447. The van der Waals surface area contributed by atoms with Gasteiger partial charge < -0.3 is 10.2 Å². The lowest BCUT2D eigenvalue weighted by atomic mass is 10.1. The molecule has 27 heavy (non-hydrogen) atoms. The number of fused-ring (bicyclic) bond motifs is 1. The molecule has 1 atom stereocenters. The van der Waals surface area contributed by atoms with Crippen LogP contribution in [0.4, 0.5) is 10.1 Å². The molecule has 0 saturated carbocycles. The van der Waals surface area contributed by atoms with E-state index in [0.717, 1.165) is 37.8 Å². The van der Waals surface area contributed by atoms with Gasteiger partial charge in [0.2, 0.25) is 0 Å². The fraction of sp³-hybridized carbons (Fsp3) is 0.316. The fourth-order valence-electron chi connectivity index (χ4n) is 3.50. The van der Waals surface area contributed by atoms with E-state index in [0.29, 0.717) is 17.1 Å². The van der Waals surface area contributed by atoms with Crippen molar-refractivity contribution in [1.82, 2.24) is 14.3 Å².